The van der Waals surface area contributed by atoms with Crippen molar-refractivity contribution in [3.8, 4) is 0 Å². The normalized spacial score (nSPS) is 19.5. The van der Waals surface area contributed by atoms with Crippen molar-refractivity contribution in [1.82, 2.24) is 19.9 Å². The molecular weight excluding hydrogens is 602 g/mol. The van der Waals surface area contributed by atoms with Gasteiger partial charge in [0.15, 0.2) is 29.1 Å². The van der Waals surface area contributed by atoms with Gasteiger partial charge in [-0.15, -0.1) is 11.8 Å². The number of aromatic nitrogens is 3. The highest BCUT2D eigenvalue weighted by atomic mass is 35.5. The molecule has 3 atom stereocenters. The standard InChI is InChI=1S/C23H20ClN7O8S2/c1-9(21(34)35)39-28-14(13-17(24)41-23(25)27-13)18(32)26-15-19(33)31-16(22(36)37)10(8-40-20(15)31)7-29-5-2-3-12-11(29)4-6-30(12)38/h2-6,9,15,20H,7-8H2,1H3,(H5-,25,26,27,32,34,35,36,37,38)/p+1/b28-14-/t9-,15+,20+/m0/s1. The average Bonchev–Trinajstić information content (AvgIpc) is 3.47. The Morgan fingerprint density at radius 1 is 1.37 bits per heavy atom. The van der Waals surface area contributed by atoms with E-state index in [1.807, 2.05) is 0 Å². The summed E-state index contributed by atoms with van der Waals surface area (Å²) in [5.41, 5.74) is 6.46. The van der Waals surface area contributed by atoms with E-state index in [4.69, 9.17) is 27.3 Å². The van der Waals surface area contributed by atoms with Crippen molar-refractivity contribution in [2.75, 3.05) is 11.5 Å². The molecule has 1 fully saturated rings. The van der Waals surface area contributed by atoms with Crippen LogP contribution in [-0.2, 0) is 30.6 Å². The Bertz CT molecular complexity index is 1670. The van der Waals surface area contributed by atoms with Gasteiger partial charge in [0.05, 0.1) is 6.20 Å². The molecule has 18 heteroatoms. The zero-order chi connectivity index (χ0) is 29.6. The van der Waals surface area contributed by atoms with Crippen LogP contribution in [0.25, 0.3) is 11.0 Å². The molecule has 5 heterocycles. The van der Waals surface area contributed by atoms with E-state index in [-0.39, 0.29) is 33.2 Å². The number of thiazole rings is 1. The SMILES string of the molecule is C[C@H](O/N=C(\C(=O)N[C@@H]1C(=O)N2C(C(=O)O)=C(C[n+]3cccc4c3ccn4O)CS[C@H]12)c1nc(N)sc1Cl)C(=O)O. The van der Waals surface area contributed by atoms with Crippen LogP contribution in [0.2, 0.25) is 4.34 Å². The molecule has 15 nitrogen and oxygen atoms in total. The van der Waals surface area contributed by atoms with Gasteiger partial charge in [0.25, 0.3) is 11.8 Å². The maximum absolute atomic E-state index is 13.2. The van der Waals surface area contributed by atoms with Gasteiger partial charge < -0.3 is 31.3 Å². The number of rotatable bonds is 9. The maximum atomic E-state index is 13.2. The van der Waals surface area contributed by atoms with Gasteiger partial charge in [-0.3, -0.25) is 14.5 Å². The van der Waals surface area contributed by atoms with Gasteiger partial charge in [-0.25, -0.2) is 14.6 Å². The molecule has 0 aromatic carbocycles. The van der Waals surface area contributed by atoms with E-state index in [2.05, 4.69) is 15.5 Å². The minimum Gasteiger partial charge on any atom is -0.478 e. The highest BCUT2D eigenvalue weighted by Gasteiger charge is 2.55. The number of fused-ring (bicyclic) bond motifs is 2. The molecule has 6 N–H and O–H groups in total. The second-order valence-corrected chi connectivity index (χ2v) is 11.6. The maximum Gasteiger partial charge on any atom is 0.352 e. The van der Waals surface area contributed by atoms with Gasteiger partial charge in [-0.05, 0) is 13.0 Å². The highest BCUT2D eigenvalue weighted by Crippen LogP contribution is 2.40. The number of thioether (sulfide) groups is 1. The summed E-state index contributed by atoms with van der Waals surface area (Å²) in [6.45, 7) is 1.34. The number of carboxylic acid groups (broad SMARTS) is 2. The number of pyridine rings is 1. The predicted molar refractivity (Wildman–Crippen MR) is 145 cm³/mol. The molecule has 0 unspecified atom stereocenters. The minimum absolute atomic E-state index is 0.0124. The number of nitrogens with one attached hydrogen (secondary N) is 1. The average molecular weight is 623 g/mol. The number of nitrogens with two attached hydrogens (primary N) is 1. The molecule has 214 valence electrons. The summed E-state index contributed by atoms with van der Waals surface area (Å²) in [7, 11) is 0. The summed E-state index contributed by atoms with van der Waals surface area (Å²) < 4.78 is 2.70. The molecule has 0 spiro atoms. The van der Waals surface area contributed by atoms with E-state index >= 15 is 0 Å². The van der Waals surface area contributed by atoms with Crippen LogP contribution in [0.15, 0.2) is 47.0 Å². The number of carbonyl (C=O) groups is 4. The number of anilines is 1. The van der Waals surface area contributed by atoms with Crippen molar-refractivity contribution in [2.24, 2.45) is 5.16 Å². The summed E-state index contributed by atoms with van der Waals surface area (Å²) in [6.07, 6.45) is 1.78. The Labute approximate surface area is 243 Å². The van der Waals surface area contributed by atoms with Crippen molar-refractivity contribution < 1.29 is 44.0 Å². The summed E-state index contributed by atoms with van der Waals surface area (Å²) in [6, 6.07) is 3.96. The number of hydrogen-bond acceptors (Lipinski definition) is 11. The van der Waals surface area contributed by atoms with Crippen molar-refractivity contribution >= 4 is 80.3 Å². The van der Waals surface area contributed by atoms with Crippen LogP contribution < -0.4 is 15.6 Å². The monoisotopic (exact) mass is 622 g/mol. The smallest absolute Gasteiger partial charge is 0.352 e. The summed E-state index contributed by atoms with van der Waals surface area (Å²) in [4.78, 5) is 59.8. The summed E-state index contributed by atoms with van der Waals surface area (Å²) in [5, 5.41) is 34.5. The minimum atomic E-state index is -1.41. The molecule has 0 saturated carbocycles. The molecule has 0 bridgehead atoms. The number of hydrogen-bond donors (Lipinski definition) is 5. The highest BCUT2D eigenvalue weighted by molar-refractivity contribution is 8.00. The topological polar surface area (TPSA) is 214 Å². The Hall–Kier alpha value is -4.35. The number of halogens is 1. The van der Waals surface area contributed by atoms with Gasteiger partial charge in [-0.2, -0.15) is 9.30 Å². The summed E-state index contributed by atoms with van der Waals surface area (Å²) in [5.74, 6) is -4.03. The van der Waals surface area contributed by atoms with Gasteiger partial charge in [-0.1, -0.05) is 28.1 Å². The molecular formula is C23H21ClN7O8S2+. The van der Waals surface area contributed by atoms with Crippen molar-refractivity contribution in [3.05, 3.63) is 51.9 Å². The third-order valence-electron chi connectivity index (χ3n) is 6.30. The van der Waals surface area contributed by atoms with Crippen LogP contribution in [0.4, 0.5) is 5.13 Å². The third-order valence-corrected chi connectivity index (χ3v) is 8.72. The van der Waals surface area contributed by atoms with Crippen LogP contribution in [0, 0.1) is 0 Å². The van der Waals surface area contributed by atoms with Crippen LogP contribution in [0.1, 0.15) is 12.6 Å². The van der Waals surface area contributed by atoms with E-state index in [9.17, 15) is 29.5 Å². The molecule has 0 aliphatic carbocycles. The molecule has 2 amide bonds. The summed E-state index contributed by atoms with van der Waals surface area (Å²) >= 11 is 8.24. The molecule has 3 aromatic heterocycles. The first-order chi connectivity index (χ1) is 19.5. The number of aliphatic carboxylic acids is 2. The van der Waals surface area contributed by atoms with E-state index < -0.39 is 47.0 Å². The van der Waals surface area contributed by atoms with E-state index in [1.54, 1.807) is 29.0 Å². The lowest BCUT2D eigenvalue weighted by Crippen LogP contribution is -2.71. The van der Waals surface area contributed by atoms with Crippen molar-refractivity contribution in [2.45, 2.75) is 31.0 Å². The van der Waals surface area contributed by atoms with Gasteiger partial charge in [0.1, 0.15) is 27.1 Å². The van der Waals surface area contributed by atoms with Crippen molar-refractivity contribution in [1.29, 1.82) is 0 Å². The Morgan fingerprint density at radius 3 is 2.78 bits per heavy atom. The number of nitrogens with zero attached hydrogens (tertiary/aromatic N) is 5. The Kier molecular flexibility index (Phi) is 7.50. The first kappa shape index (κ1) is 28.2. The molecule has 2 aliphatic rings. The number of carboxylic acids is 2. The number of nitrogen functional groups attached to an aromatic ring is 1. The molecule has 1 saturated heterocycles. The van der Waals surface area contributed by atoms with Gasteiger partial charge in [0.2, 0.25) is 11.6 Å². The molecule has 3 aromatic rings. The molecule has 41 heavy (non-hydrogen) atoms. The van der Waals surface area contributed by atoms with Crippen LogP contribution in [0.3, 0.4) is 0 Å². The van der Waals surface area contributed by atoms with E-state index in [0.29, 0.717) is 16.6 Å². The zero-order valence-electron chi connectivity index (χ0n) is 20.9. The number of carbonyl (C=O) groups excluding carboxylic acids is 2. The predicted octanol–water partition coefficient (Wildman–Crippen LogP) is 0.491. The number of β-lactam (4-membered cyclic amide) rings is 1. The largest absolute Gasteiger partial charge is 0.478 e. The molecule has 5 rings (SSSR count). The van der Waals surface area contributed by atoms with E-state index in [1.165, 1.54) is 24.9 Å². The van der Waals surface area contributed by atoms with Gasteiger partial charge in [0, 0.05) is 23.5 Å². The fourth-order valence-corrected chi connectivity index (χ4v) is 6.60. The lowest BCUT2D eigenvalue weighted by atomic mass is 10.0. The Balaban J connectivity index is 1.39. The van der Waals surface area contributed by atoms with E-state index in [0.717, 1.165) is 21.0 Å². The van der Waals surface area contributed by atoms with Crippen LogP contribution in [-0.4, -0.2) is 82.8 Å². The molecule has 0 radical (unpaired) electrons. The first-order valence-corrected chi connectivity index (χ1v) is 14.0. The second-order valence-electron chi connectivity index (χ2n) is 8.89. The quantitative estimate of drug-likeness (QED) is 0.0728. The van der Waals surface area contributed by atoms with Crippen molar-refractivity contribution in [3.63, 3.8) is 0 Å². The lowest BCUT2D eigenvalue weighted by molar-refractivity contribution is -0.663. The zero-order valence-corrected chi connectivity index (χ0v) is 23.3. The lowest BCUT2D eigenvalue weighted by Gasteiger charge is -2.49. The van der Waals surface area contributed by atoms with Crippen LogP contribution >= 0.6 is 34.7 Å². The first-order valence-electron chi connectivity index (χ1n) is 11.8. The number of oxime groups is 1. The Morgan fingerprint density at radius 2 is 2.12 bits per heavy atom. The third kappa shape index (κ3) is 5.14. The molecule has 2 aliphatic heterocycles. The van der Waals surface area contributed by atoms with Gasteiger partial charge >= 0.3 is 11.9 Å². The van der Waals surface area contributed by atoms with Crippen LogP contribution in [0.5, 0.6) is 0 Å². The fourth-order valence-electron chi connectivity index (χ4n) is 4.34. The fraction of sp³-hybridized carbons (Fsp3) is 0.261. The second kappa shape index (κ2) is 10.9. The number of amides is 2.